The second-order valence-corrected chi connectivity index (χ2v) is 4.65. The molecule has 1 aromatic rings. The van der Waals surface area contributed by atoms with Crippen molar-refractivity contribution in [2.24, 2.45) is 5.92 Å². The van der Waals surface area contributed by atoms with Crippen molar-refractivity contribution in [1.29, 1.82) is 0 Å². The van der Waals surface area contributed by atoms with Crippen molar-refractivity contribution >= 4 is 0 Å². The Kier molecular flexibility index (Phi) is 5.35. The van der Waals surface area contributed by atoms with Crippen molar-refractivity contribution in [2.45, 2.75) is 39.4 Å². The van der Waals surface area contributed by atoms with Crippen molar-refractivity contribution in [1.82, 2.24) is 5.32 Å². The fourth-order valence-corrected chi connectivity index (χ4v) is 2.03. The van der Waals surface area contributed by atoms with Crippen LogP contribution in [0.15, 0.2) is 18.2 Å². The third-order valence-electron chi connectivity index (χ3n) is 3.30. The molecule has 0 aliphatic rings. The maximum absolute atomic E-state index is 13.8. The molecule has 0 heterocycles. The first-order chi connectivity index (χ1) is 8.81. The van der Waals surface area contributed by atoms with Gasteiger partial charge < -0.3 is 5.32 Å². The van der Waals surface area contributed by atoms with Crippen LogP contribution in [0.5, 0.6) is 0 Å². The highest BCUT2D eigenvalue weighted by Gasteiger charge is 2.32. The molecule has 0 bridgehead atoms. The third-order valence-corrected chi connectivity index (χ3v) is 3.30. The number of alkyl halides is 3. The average molecular weight is 277 g/mol. The number of benzene rings is 1. The van der Waals surface area contributed by atoms with Crippen LogP contribution in [0.1, 0.15) is 44.4 Å². The molecule has 0 saturated heterocycles. The minimum Gasteiger partial charge on any atom is -0.310 e. The van der Waals surface area contributed by atoms with Gasteiger partial charge in [0, 0.05) is 11.6 Å². The Hall–Kier alpha value is -1.10. The van der Waals surface area contributed by atoms with E-state index in [1.807, 2.05) is 20.8 Å². The summed E-state index contributed by atoms with van der Waals surface area (Å²) in [7, 11) is 0. The van der Waals surface area contributed by atoms with E-state index < -0.39 is 23.6 Å². The maximum Gasteiger partial charge on any atom is 0.416 e. The van der Waals surface area contributed by atoms with Gasteiger partial charge in [-0.15, -0.1) is 0 Å². The summed E-state index contributed by atoms with van der Waals surface area (Å²) in [5, 5.41) is 3.06. The molecule has 0 fully saturated rings. The molecule has 19 heavy (non-hydrogen) atoms. The standard InChI is InChI=1S/C14H19F4N/c1-4-9(3)13(19-5-2)11-8-10(14(16,17)18)6-7-12(11)15/h6-9,13,19H,4-5H2,1-3H3. The van der Waals surface area contributed by atoms with E-state index in [1.54, 1.807) is 0 Å². The molecule has 0 aliphatic heterocycles. The minimum atomic E-state index is -4.45. The summed E-state index contributed by atoms with van der Waals surface area (Å²) in [5.41, 5.74) is -0.721. The predicted octanol–water partition coefficient (Wildman–Crippen LogP) is 4.54. The zero-order chi connectivity index (χ0) is 14.6. The van der Waals surface area contributed by atoms with Crippen LogP contribution < -0.4 is 5.32 Å². The number of hydrogen-bond acceptors (Lipinski definition) is 1. The molecule has 2 unspecified atom stereocenters. The second kappa shape index (κ2) is 6.37. The van der Waals surface area contributed by atoms with Gasteiger partial charge in [0.25, 0.3) is 0 Å². The number of nitrogens with one attached hydrogen (secondary N) is 1. The molecule has 1 N–H and O–H groups in total. The molecule has 5 heteroatoms. The minimum absolute atomic E-state index is 0.0536. The van der Waals surface area contributed by atoms with E-state index in [4.69, 9.17) is 0 Å². The zero-order valence-corrected chi connectivity index (χ0v) is 11.3. The van der Waals surface area contributed by atoms with Crippen LogP contribution in [0.2, 0.25) is 0 Å². The largest absolute Gasteiger partial charge is 0.416 e. The Labute approximate surface area is 111 Å². The lowest BCUT2D eigenvalue weighted by molar-refractivity contribution is -0.137. The van der Waals surface area contributed by atoms with E-state index in [9.17, 15) is 17.6 Å². The van der Waals surface area contributed by atoms with Crippen molar-refractivity contribution in [3.8, 4) is 0 Å². The molecule has 2 atom stereocenters. The van der Waals surface area contributed by atoms with Crippen molar-refractivity contribution in [3.63, 3.8) is 0 Å². The fraction of sp³-hybridized carbons (Fsp3) is 0.571. The van der Waals surface area contributed by atoms with Crippen molar-refractivity contribution in [2.75, 3.05) is 6.54 Å². The van der Waals surface area contributed by atoms with Gasteiger partial charge in [-0.1, -0.05) is 27.2 Å². The highest BCUT2D eigenvalue weighted by molar-refractivity contribution is 5.30. The van der Waals surface area contributed by atoms with Crippen molar-refractivity contribution in [3.05, 3.63) is 35.1 Å². The Morgan fingerprint density at radius 3 is 2.32 bits per heavy atom. The quantitative estimate of drug-likeness (QED) is 0.779. The predicted molar refractivity (Wildman–Crippen MR) is 67.3 cm³/mol. The molecule has 0 aromatic heterocycles. The first kappa shape index (κ1) is 16.0. The molecule has 1 aromatic carbocycles. The summed E-state index contributed by atoms with van der Waals surface area (Å²) in [5.74, 6) is -0.544. The smallest absolute Gasteiger partial charge is 0.310 e. The zero-order valence-electron chi connectivity index (χ0n) is 11.3. The molecule has 0 radical (unpaired) electrons. The highest BCUT2D eigenvalue weighted by atomic mass is 19.4. The van der Waals surface area contributed by atoms with E-state index in [2.05, 4.69) is 5.32 Å². The van der Waals surface area contributed by atoms with E-state index in [0.717, 1.165) is 24.6 Å². The molecule has 0 saturated carbocycles. The fourth-order valence-electron chi connectivity index (χ4n) is 2.03. The van der Waals surface area contributed by atoms with Gasteiger partial charge in [0.2, 0.25) is 0 Å². The van der Waals surface area contributed by atoms with Crippen LogP contribution in [0, 0.1) is 11.7 Å². The first-order valence-corrected chi connectivity index (χ1v) is 6.41. The molecule has 108 valence electrons. The number of halogens is 4. The van der Waals surface area contributed by atoms with Crippen molar-refractivity contribution < 1.29 is 17.6 Å². The van der Waals surface area contributed by atoms with Gasteiger partial charge in [0.15, 0.2) is 0 Å². The molecule has 0 amide bonds. The van der Waals surface area contributed by atoms with Gasteiger partial charge in [-0.25, -0.2) is 4.39 Å². The molecule has 0 aliphatic carbocycles. The molecule has 1 nitrogen and oxygen atoms in total. The van der Waals surface area contributed by atoms with E-state index in [0.29, 0.717) is 6.54 Å². The average Bonchev–Trinajstić information content (AvgIpc) is 2.34. The van der Waals surface area contributed by atoms with Crippen LogP contribution in [0.3, 0.4) is 0 Å². The van der Waals surface area contributed by atoms with Gasteiger partial charge in [-0.05, 0) is 30.7 Å². The number of rotatable bonds is 5. The van der Waals surface area contributed by atoms with Crippen LogP contribution in [-0.4, -0.2) is 6.54 Å². The van der Waals surface area contributed by atoms with Gasteiger partial charge in [0.1, 0.15) is 5.82 Å². The molecular weight excluding hydrogens is 258 g/mol. The Morgan fingerprint density at radius 1 is 1.21 bits per heavy atom. The molecule has 1 rings (SSSR count). The monoisotopic (exact) mass is 277 g/mol. The van der Waals surface area contributed by atoms with Crippen LogP contribution >= 0.6 is 0 Å². The van der Waals surface area contributed by atoms with Crippen LogP contribution in [0.25, 0.3) is 0 Å². The normalized spacial score (nSPS) is 15.3. The SMILES string of the molecule is CCNC(c1cc(C(F)(F)F)ccc1F)C(C)CC. The summed E-state index contributed by atoms with van der Waals surface area (Å²) in [6.45, 7) is 6.25. The first-order valence-electron chi connectivity index (χ1n) is 6.41. The molecular formula is C14H19F4N. The summed E-state index contributed by atoms with van der Waals surface area (Å²) >= 11 is 0. The summed E-state index contributed by atoms with van der Waals surface area (Å²) in [4.78, 5) is 0. The Morgan fingerprint density at radius 2 is 1.84 bits per heavy atom. The lowest BCUT2D eigenvalue weighted by Gasteiger charge is -2.25. The second-order valence-electron chi connectivity index (χ2n) is 4.65. The van der Waals surface area contributed by atoms with Gasteiger partial charge in [0.05, 0.1) is 5.56 Å². The van der Waals surface area contributed by atoms with Gasteiger partial charge >= 0.3 is 6.18 Å². The Balaban J connectivity index is 3.21. The summed E-state index contributed by atoms with van der Waals surface area (Å²) in [6, 6.07) is 2.18. The van der Waals surface area contributed by atoms with Crippen LogP contribution in [0.4, 0.5) is 17.6 Å². The lowest BCUT2D eigenvalue weighted by atomic mass is 9.91. The van der Waals surface area contributed by atoms with Gasteiger partial charge in [-0.2, -0.15) is 13.2 Å². The summed E-state index contributed by atoms with van der Waals surface area (Å²) < 4.78 is 51.9. The van der Waals surface area contributed by atoms with E-state index >= 15 is 0 Å². The highest BCUT2D eigenvalue weighted by Crippen LogP contribution is 2.34. The third kappa shape index (κ3) is 3.93. The molecule has 0 spiro atoms. The maximum atomic E-state index is 13.8. The van der Waals surface area contributed by atoms with Gasteiger partial charge in [-0.3, -0.25) is 0 Å². The summed E-state index contributed by atoms with van der Waals surface area (Å²) in [6.07, 6.45) is -3.69. The topological polar surface area (TPSA) is 12.0 Å². The van der Waals surface area contributed by atoms with E-state index in [-0.39, 0.29) is 11.5 Å². The lowest BCUT2D eigenvalue weighted by Crippen LogP contribution is -2.27. The number of hydrogen-bond donors (Lipinski definition) is 1. The van der Waals surface area contributed by atoms with Crippen LogP contribution in [-0.2, 0) is 6.18 Å². The Bertz CT molecular complexity index is 414. The van der Waals surface area contributed by atoms with E-state index in [1.165, 1.54) is 0 Å².